The molecule has 3 aromatic rings. The van der Waals surface area contributed by atoms with Crippen molar-refractivity contribution in [3.8, 4) is 5.75 Å². The Morgan fingerprint density at radius 3 is 2.17 bits per heavy atom. The van der Waals surface area contributed by atoms with Crippen LogP contribution in [0.25, 0.3) is 0 Å². The molecule has 3 aromatic carbocycles. The molecule has 1 atom stereocenters. The minimum absolute atomic E-state index is 0.0905. The number of rotatable bonds is 14. The topological polar surface area (TPSA) is 64.8 Å². The Morgan fingerprint density at radius 1 is 0.925 bits per heavy atom. The van der Waals surface area contributed by atoms with Crippen molar-refractivity contribution in [3.05, 3.63) is 97.5 Å². The first kappa shape index (κ1) is 30.7. The first-order valence-corrected chi connectivity index (χ1v) is 14.9. The van der Waals surface area contributed by atoms with Crippen molar-refractivity contribution in [2.45, 2.75) is 51.6 Å². The van der Waals surface area contributed by atoms with Gasteiger partial charge in [0.15, 0.2) is 5.75 Å². The first-order chi connectivity index (χ1) is 19.3. The summed E-state index contributed by atoms with van der Waals surface area (Å²) in [6.07, 6.45) is 4.13. The van der Waals surface area contributed by atoms with Crippen LogP contribution in [0.15, 0.2) is 54.6 Å². The van der Waals surface area contributed by atoms with Crippen LogP contribution in [0.2, 0.25) is 15.1 Å². The number of nitrogens with two attached hydrogens (primary N) is 1. The number of hydrogen-bond acceptors (Lipinski definition) is 4. The maximum Gasteiger partial charge on any atom is 0.227 e. The van der Waals surface area contributed by atoms with Crippen molar-refractivity contribution in [3.63, 3.8) is 0 Å². The molecule has 8 heteroatoms. The van der Waals surface area contributed by atoms with Gasteiger partial charge in [0.05, 0.1) is 29.2 Å². The van der Waals surface area contributed by atoms with E-state index < -0.39 is 0 Å². The smallest absolute Gasteiger partial charge is 0.227 e. The van der Waals surface area contributed by atoms with E-state index in [1.54, 1.807) is 7.11 Å². The minimum atomic E-state index is -0.295. The Kier molecular flexibility index (Phi) is 11.2. The normalized spacial score (nSPS) is 13.8. The number of ether oxygens (including phenoxy) is 2. The summed E-state index contributed by atoms with van der Waals surface area (Å²) in [6.45, 7) is 3.82. The Labute approximate surface area is 252 Å². The molecule has 0 radical (unpaired) electrons. The Hall–Kier alpha value is -2.28. The van der Waals surface area contributed by atoms with Crippen LogP contribution in [0.3, 0.4) is 0 Å². The zero-order valence-electron chi connectivity index (χ0n) is 23.1. The molecule has 1 aliphatic carbocycles. The van der Waals surface area contributed by atoms with E-state index in [2.05, 4.69) is 30.3 Å². The number of methoxy groups -OCH3 is 1. The number of carbonyl (C=O) groups is 1. The Bertz CT molecular complexity index is 1270. The van der Waals surface area contributed by atoms with Gasteiger partial charge in [-0.1, -0.05) is 71.2 Å². The van der Waals surface area contributed by atoms with Crippen molar-refractivity contribution >= 4 is 40.7 Å². The highest BCUT2D eigenvalue weighted by Crippen LogP contribution is 2.34. The largest absolute Gasteiger partial charge is 0.490 e. The van der Waals surface area contributed by atoms with E-state index in [1.165, 1.54) is 0 Å². The highest BCUT2D eigenvalue weighted by Gasteiger charge is 2.35. The SMILES string of the molecule is COCCc1ccc(Cl)c(CN(C(=O)[C@@H](CN)Cc2ccc(CCOc3c(Cl)cc(C)cc3Cl)cc2)C2CC2)c1. The summed E-state index contributed by atoms with van der Waals surface area (Å²) in [7, 11) is 1.69. The van der Waals surface area contributed by atoms with Gasteiger partial charge in [0, 0.05) is 37.7 Å². The predicted molar refractivity (Wildman–Crippen MR) is 164 cm³/mol. The lowest BCUT2D eigenvalue weighted by Crippen LogP contribution is -2.41. The molecule has 214 valence electrons. The number of amides is 1. The fourth-order valence-corrected chi connectivity index (χ4v) is 5.69. The molecule has 0 spiro atoms. The van der Waals surface area contributed by atoms with Gasteiger partial charge in [0.1, 0.15) is 0 Å². The van der Waals surface area contributed by atoms with Crippen LogP contribution in [0.1, 0.15) is 40.7 Å². The van der Waals surface area contributed by atoms with E-state index in [0.717, 1.165) is 47.1 Å². The number of halogens is 3. The molecule has 1 aliphatic rings. The van der Waals surface area contributed by atoms with Gasteiger partial charge < -0.3 is 20.1 Å². The first-order valence-electron chi connectivity index (χ1n) is 13.7. The van der Waals surface area contributed by atoms with Gasteiger partial charge in [-0.05, 0) is 78.6 Å². The maximum absolute atomic E-state index is 13.7. The van der Waals surface area contributed by atoms with Crippen molar-refractivity contribution in [2.24, 2.45) is 11.7 Å². The number of hydrogen-bond donors (Lipinski definition) is 1. The van der Waals surface area contributed by atoms with Crippen LogP contribution in [0.4, 0.5) is 0 Å². The minimum Gasteiger partial charge on any atom is -0.490 e. The molecule has 40 heavy (non-hydrogen) atoms. The molecule has 4 rings (SSSR count). The third-order valence-corrected chi connectivity index (χ3v) is 8.17. The quantitative estimate of drug-likeness (QED) is 0.214. The number of nitrogens with zero attached hydrogens (tertiary/aromatic N) is 1. The summed E-state index contributed by atoms with van der Waals surface area (Å²) in [6, 6.07) is 18.2. The molecule has 0 saturated heterocycles. The van der Waals surface area contributed by atoms with Crippen LogP contribution in [0.5, 0.6) is 5.75 Å². The zero-order valence-corrected chi connectivity index (χ0v) is 25.4. The summed E-state index contributed by atoms with van der Waals surface area (Å²) in [5.74, 6) is 0.307. The summed E-state index contributed by atoms with van der Waals surface area (Å²) >= 11 is 19.1. The average Bonchev–Trinajstić information content (AvgIpc) is 3.77. The molecular formula is C32H37Cl3N2O3. The van der Waals surface area contributed by atoms with Crippen LogP contribution >= 0.6 is 34.8 Å². The van der Waals surface area contributed by atoms with Crippen molar-refractivity contribution in [2.75, 3.05) is 26.9 Å². The highest BCUT2D eigenvalue weighted by molar-refractivity contribution is 6.37. The standard InChI is InChI=1S/C32H37Cl3N2O3/c1-21-15-29(34)31(30(35)16-21)40-14-12-22-3-5-23(6-4-22)17-25(19-36)32(38)37(27-8-9-27)20-26-18-24(11-13-39-2)7-10-28(26)33/h3-7,10,15-16,18,25,27H,8-9,11-14,17,19-20,36H2,1-2H3/t25-/m1/s1. The lowest BCUT2D eigenvalue weighted by atomic mass is 9.96. The van der Waals surface area contributed by atoms with Gasteiger partial charge in [-0.3, -0.25) is 4.79 Å². The summed E-state index contributed by atoms with van der Waals surface area (Å²) < 4.78 is 11.1. The average molecular weight is 604 g/mol. The van der Waals surface area contributed by atoms with Gasteiger partial charge in [0.25, 0.3) is 0 Å². The second-order valence-electron chi connectivity index (χ2n) is 10.5. The molecule has 1 saturated carbocycles. The number of aryl methyl sites for hydroxylation is 1. The molecule has 0 bridgehead atoms. The van der Waals surface area contributed by atoms with Crippen molar-refractivity contribution in [1.29, 1.82) is 0 Å². The van der Waals surface area contributed by atoms with Gasteiger partial charge in [-0.15, -0.1) is 0 Å². The van der Waals surface area contributed by atoms with Crippen LogP contribution in [-0.2, 0) is 35.3 Å². The van der Waals surface area contributed by atoms with E-state index in [0.29, 0.717) is 53.4 Å². The maximum atomic E-state index is 13.7. The third kappa shape index (κ3) is 8.37. The third-order valence-electron chi connectivity index (χ3n) is 7.23. The lowest BCUT2D eigenvalue weighted by molar-refractivity contribution is -0.136. The molecule has 0 aliphatic heterocycles. The molecule has 0 heterocycles. The molecule has 0 aromatic heterocycles. The summed E-state index contributed by atoms with van der Waals surface area (Å²) in [4.78, 5) is 15.7. The molecular weight excluding hydrogens is 567 g/mol. The monoisotopic (exact) mass is 602 g/mol. The Balaban J connectivity index is 1.36. The number of benzene rings is 3. The lowest BCUT2D eigenvalue weighted by Gasteiger charge is -2.28. The van der Waals surface area contributed by atoms with Gasteiger partial charge >= 0.3 is 0 Å². The van der Waals surface area contributed by atoms with Gasteiger partial charge in [-0.25, -0.2) is 0 Å². The van der Waals surface area contributed by atoms with E-state index >= 15 is 0 Å². The Morgan fingerprint density at radius 2 is 1.55 bits per heavy atom. The number of carbonyl (C=O) groups excluding carboxylic acids is 1. The molecule has 1 fully saturated rings. The summed E-state index contributed by atoms with van der Waals surface area (Å²) in [5, 5.41) is 1.70. The molecule has 0 unspecified atom stereocenters. The van der Waals surface area contributed by atoms with E-state index in [4.69, 9.17) is 50.0 Å². The predicted octanol–water partition coefficient (Wildman–Crippen LogP) is 7.07. The van der Waals surface area contributed by atoms with Gasteiger partial charge in [0.2, 0.25) is 5.91 Å². The molecule has 1 amide bonds. The highest BCUT2D eigenvalue weighted by atomic mass is 35.5. The van der Waals surface area contributed by atoms with E-state index in [-0.39, 0.29) is 24.4 Å². The zero-order chi connectivity index (χ0) is 28.6. The van der Waals surface area contributed by atoms with Crippen LogP contribution < -0.4 is 10.5 Å². The second-order valence-corrected chi connectivity index (χ2v) is 11.7. The van der Waals surface area contributed by atoms with Gasteiger partial charge in [-0.2, -0.15) is 0 Å². The van der Waals surface area contributed by atoms with Crippen LogP contribution in [0, 0.1) is 12.8 Å². The molecule has 2 N–H and O–H groups in total. The fraction of sp³-hybridized carbons (Fsp3) is 0.406. The van der Waals surface area contributed by atoms with E-state index in [1.807, 2.05) is 36.1 Å². The second kappa shape index (κ2) is 14.6. The van der Waals surface area contributed by atoms with Crippen molar-refractivity contribution < 1.29 is 14.3 Å². The molecule has 5 nitrogen and oxygen atoms in total. The van der Waals surface area contributed by atoms with E-state index in [9.17, 15) is 4.79 Å². The summed E-state index contributed by atoms with van der Waals surface area (Å²) in [5.41, 5.74) is 11.4. The van der Waals surface area contributed by atoms with Crippen molar-refractivity contribution in [1.82, 2.24) is 4.90 Å². The van der Waals surface area contributed by atoms with Crippen LogP contribution in [-0.4, -0.2) is 43.7 Å². The fourth-order valence-electron chi connectivity index (χ4n) is 4.81.